The van der Waals surface area contributed by atoms with E-state index in [9.17, 15) is 9.59 Å². The molecule has 5 heterocycles. The molecule has 0 aliphatic carbocycles. The first kappa shape index (κ1) is 25.3. The maximum absolute atomic E-state index is 12.5. The zero-order valence-corrected chi connectivity index (χ0v) is 21.6. The van der Waals surface area contributed by atoms with Crippen molar-refractivity contribution in [1.82, 2.24) is 34.7 Å². The number of pyridine rings is 3. The number of carbonyl (C=O) groups is 1. The number of amides is 1. The van der Waals surface area contributed by atoms with Crippen LogP contribution in [0.2, 0.25) is 0 Å². The first-order valence-corrected chi connectivity index (χ1v) is 13.1. The Labute approximate surface area is 229 Å². The van der Waals surface area contributed by atoms with Gasteiger partial charge in [0.05, 0.1) is 16.8 Å². The van der Waals surface area contributed by atoms with Gasteiger partial charge >= 0.3 is 6.09 Å². The molecule has 0 atom stereocenters. The largest absolute Gasteiger partial charge is 0.465 e. The molecule has 4 aromatic heterocycles. The number of piperidine rings is 1. The predicted octanol–water partition coefficient (Wildman–Crippen LogP) is 3.65. The second-order valence-corrected chi connectivity index (χ2v) is 9.83. The number of nitrogen functional groups attached to an aromatic ring is 1. The molecular formula is C29H28N8O3. The molecule has 40 heavy (non-hydrogen) atoms. The highest BCUT2D eigenvalue weighted by Crippen LogP contribution is 2.31. The number of hydrogen-bond acceptors (Lipinski definition) is 7. The summed E-state index contributed by atoms with van der Waals surface area (Å²) in [6.45, 7) is 2.43. The van der Waals surface area contributed by atoms with Gasteiger partial charge in [-0.3, -0.25) is 14.3 Å². The van der Waals surface area contributed by atoms with E-state index in [1.807, 2.05) is 34.9 Å². The van der Waals surface area contributed by atoms with Crippen LogP contribution in [-0.2, 0) is 6.54 Å². The smallest absolute Gasteiger partial charge is 0.404 e. The Balaban J connectivity index is 1.36. The van der Waals surface area contributed by atoms with Crippen LogP contribution in [0.5, 0.6) is 0 Å². The zero-order valence-electron chi connectivity index (χ0n) is 21.6. The Morgan fingerprint density at radius 3 is 2.52 bits per heavy atom. The minimum Gasteiger partial charge on any atom is -0.465 e. The number of anilines is 1. The Bertz CT molecular complexity index is 1740. The molecule has 0 saturated carbocycles. The number of likely N-dealkylation sites (tertiary alicyclic amines) is 1. The summed E-state index contributed by atoms with van der Waals surface area (Å²) < 4.78 is 1.94. The summed E-state index contributed by atoms with van der Waals surface area (Å²) in [5.74, 6) is 0.962. The molecule has 1 aliphatic rings. The van der Waals surface area contributed by atoms with Crippen molar-refractivity contribution in [3.63, 3.8) is 0 Å². The van der Waals surface area contributed by atoms with Crippen LogP contribution in [0.15, 0.2) is 77.9 Å². The van der Waals surface area contributed by atoms with Crippen molar-refractivity contribution in [2.75, 3.05) is 18.8 Å². The summed E-state index contributed by atoms with van der Waals surface area (Å²) in [6, 6.07) is 19.0. The molecule has 1 aliphatic heterocycles. The summed E-state index contributed by atoms with van der Waals surface area (Å²) in [7, 11) is 0. The van der Waals surface area contributed by atoms with Crippen LogP contribution in [0.3, 0.4) is 0 Å². The van der Waals surface area contributed by atoms with Crippen LogP contribution in [0, 0.1) is 0 Å². The third-order valence-corrected chi connectivity index (χ3v) is 7.19. The van der Waals surface area contributed by atoms with Gasteiger partial charge in [0.2, 0.25) is 0 Å². The van der Waals surface area contributed by atoms with E-state index in [0.717, 1.165) is 43.7 Å². The van der Waals surface area contributed by atoms with E-state index in [1.165, 1.54) is 0 Å². The van der Waals surface area contributed by atoms with Crippen LogP contribution in [0.1, 0.15) is 18.4 Å². The van der Waals surface area contributed by atoms with Crippen molar-refractivity contribution in [3.05, 3.63) is 89.0 Å². The van der Waals surface area contributed by atoms with E-state index in [2.05, 4.69) is 32.3 Å². The van der Waals surface area contributed by atoms with Gasteiger partial charge in [0, 0.05) is 43.8 Å². The lowest BCUT2D eigenvalue weighted by atomic mass is 10.0. The molecule has 11 heteroatoms. The summed E-state index contributed by atoms with van der Waals surface area (Å²) in [5, 5.41) is 11.6. The average molecular weight is 537 g/mol. The number of H-pyrrole nitrogens is 1. The van der Waals surface area contributed by atoms with Crippen LogP contribution in [0.4, 0.5) is 10.6 Å². The molecule has 11 nitrogen and oxygen atoms in total. The van der Waals surface area contributed by atoms with Crippen molar-refractivity contribution in [2.45, 2.75) is 25.4 Å². The number of imidazole rings is 1. The average Bonchev–Trinajstić information content (AvgIpc) is 3.33. The third-order valence-electron chi connectivity index (χ3n) is 7.19. The van der Waals surface area contributed by atoms with Gasteiger partial charge in [-0.2, -0.15) is 0 Å². The maximum Gasteiger partial charge on any atom is 0.404 e. The number of nitrogens with two attached hydrogens (primary N) is 1. The summed E-state index contributed by atoms with van der Waals surface area (Å²) in [5.41, 5.74) is 11.0. The van der Waals surface area contributed by atoms with Crippen molar-refractivity contribution in [1.29, 1.82) is 0 Å². The number of benzene rings is 1. The fourth-order valence-electron chi connectivity index (χ4n) is 5.18. The van der Waals surface area contributed by atoms with Crippen LogP contribution >= 0.6 is 0 Å². The van der Waals surface area contributed by atoms with Crippen LogP contribution < -0.4 is 16.6 Å². The molecule has 1 aromatic carbocycles. The van der Waals surface area contributed by atoms with Crippen molar-refractivity contribution >= 4 is 23.1 Å². The molecule has 0 bridgehead atoms. The topological polar surface area (TPSA) is 155 Å². The van der Waals surface area contributed by atoms with Gasteiger partial charge in [0.1, 0.15) is 11.3 Å². The third kappa shape index (κ3) is 5.02. The lowest BCUT2D eigenvalue weighted by Gasteiger charge is -2.31. The Morgan fingerprint density at radius 1 is 1.02 bits per heavy atom. The van der Waals surface area contributed by atoms with Gasteiger partial charge in [-0.1, -0.05) is 12.1 Å². The fraction of sp³-hybridized carbons (Fsp3) is 0.207. The number of aromatic nitrogens is 5. The highest BCUT2D eigenvalue weighted by atomic mass is 16.4. The number of carboxylic acid groups (broad SMARTS) is 1. The van der Waals surface area contributed by atoms with Crippen molar-refractivity contribution in [2.24, 2.45) is 0 Å². The number of nitrogens with one attached hydrogen (secondary N) is 2. The predicted molar refractivity (Wildman–Crippen MR) is 152 cm³/mol. The van der Waals surface area contributed by atoms with Gasteiger partial charge in [0.25, 0.3) is 5.56 Å². The Morgan fingerprint density at radius 2 is 1.80 bits per heavy atom. The molecule has 0 unspecified atom stereocenters. The summed E-state index contributed by atoms with van der Waals surface area (Å²) >= 11 is 0. The molecule has 1 saturated heterocycles. The first-order chi connectivity index (χ1) is 19.5. The number of rotatable bonds is 6. The molecule has 202 valence electrons. The fourth-order valence-corrected chi connectivity index (χ4v) is 5.18. The zero-order chi connectivity index (χ0) is 27.6. The molecule has 5 N–H and O–H groups in total. The van der Waals surface area contributed by atoms with Gasteiger partial charge in [-0.25, -0.2) is 19.7 Å². The minimum absolute atomic E-state index is 0.00726. The highest BCUT2D eigenvalue weighted by molar-refractivity contribution is 5.84. The Hall–Kier alpha value is -5.03. The maximum atomic E-state index is 12.5. The van der Waals surface area contributed by atoms with Crippen LogP contribution in [-0.4, -0.2) is 59.7 Å². The Kier molecular flexibility index (Phi) is 6.71. The molecular weight excluding hydrogens is 508 g/mol. The molecule has 0 radical (unpaired) electrons. The van der Waals surface area contributed by atoms with Gasteiger partial charge in [0.15, 0.2) is 11.5 Å². The summed E-state index contributed by atoms with van der Waals surface area (Å²) in [6.07, 6.45) is 3.85. The second-order valence-electron chi connectivity index (χ2n) is 9.83. The number of nitrogens with zero attached hydrogens (tertiary/aromatic N) is 5. The quantitative estimate of drug-likeness (QED) is 0.256. The SMILES string of the molecule is Nc1ncccc1-c1nc2ccc(-c3ccc[nH]c3=O)nc2n1-c1ccc(CN2CCC(NC(=O)O)CC2)cc1. The van der Waals surface area contributed by atoms with E-state index in [4.69, 9.17) is 20.8 Å². The number of hydrogen-bond donors (Lipinski definition) is 4. The van der Waals surface area contributed by atoms with Crippen molar-refractivity contribution < 1.29 is 9.90 Å². The van der Waals surface area contributed by atoms with Crippen LogP contribution in [0.25, 0.3) is 39.5 Å². The van der Waals surface area contributed by atoms with E-state index in [1.54, 1.807) is 30.6 Å². The summed E-state index contributed by atoms with van der Waals surface area (Å²) in [4.78, 5) is 42.4. The highest BCUT2D eigenvalue weighted by Gasteiger charge is 2.22. The normalized spacial score (nSPS) is 14.4. The molecule has 6 rings (SSSR count). The van der Waals surface area contributed by atoms with E-state index >= 15 is 0 Å². The second kappa shape index (κ2) is 10.6. The van der Waals surface area contributed by atoms with Crippen molar-refractivity contribution in [3.8, 4) is 28.3 Å². The molecule has 1 fully saturated rings. The molecule has 5 aromatic rings. The van der Waals surface area contributed by atoms with Gasteiger partial charge in [-0.05, 0) is 66.9 Å². The first-order valence-electron chi connectivity index (χ1n) is 13.1. The van der Waals surface area contributed by atoms with Gasteiger partial charge in [-0.15, -0.1) is 0 Å². The molecule has 1 amide bonds. The number of aromatic amines is 1. The standard InChI is InChI=1S/C29H28N8O3/c30-25-22(4-2-13-31-25)26-35-24-10-9-23(21-3-1-14-32-28(21)38)34-27(24)37(26)20-7-5-18(6-8-20)17-36-15-11-19(12-16-36)33-29(39)40/h1-10,13-14,19,33H,11-12,15-17H2,(H2,30,31)(H,32,38)(H,39,40). The monoisotopic (exact) mass is 536 g/mol. The minimum atomic E-state index is -0.967. The van der Waals surface area contributed by atoms with E-state index in [0.29, 0.717) is 39.6 Å². The lowest BCUT2D eigenvalue weighted by molar-refractivity contribution is 0.165. The van der Waals surface area contributed by atoms with Gasteiger partial charge < -0.3 is 21.1 Å². The van der Waals surface area contributed by atoms with E-state index < -0.39 is 6.09 Å². The number of fused-ring (bicyclic) bond motifs is 1. The van der Waals surface area contributed by atoms with E-state index in [-0.39, 0.29) is 11.6 Å². The lowest BCUT2D eigenvalue weighted by Crippen LogP contribution is -2.43. The molecule has 0 spiro atoms.